The minimum atomic E-state index is -5.08. The molecule has 0 bridgehead atoms. The topological polar surface area (TPSA) is 114 Å². The number of nitrogens with zero attached hydrogens (tertiary/aromatic N) is 6. The normalized spacial score (nSPS) is 18.6. The minimum absolute atomic E-state index is 0.00701. The van der Waals surface area contributed by atoms with E-state index in [1.807, 2.05) is 18.3 Å². The minimum Gasteiger partial charge on any atom is -0.475 e. The first kappa shape index (κ1) is 25.6. The SMILES string of the molecule is Cn1cnc2c1CCN(C(=O)CCc1cncnc1)C2CN1CCOCC1.O=C(O)C(F)(F)F. The maximum atomic E-state index is 13.0. The van der Waals surface area contributed by atoms with Gasteiger partial charge in [0.05, 0.1) is 31.3 Å². The fourth-order valence-corrected chi connectivity index (χ4v) is 3.95. The van der Waals surface area contributed by atoms with E-state index in [2.05, 4.69) is 24.4 Å². The molecule has 1 fully saturated rings. The number of carbonyl (C=O) groups excluding carboxylic acids is 1. The number of hydrogen-bond acceptors (Lipinski definition) is 7. The number of morpholine rings is 1. The third-order valence-electron chi connectivity index (χ3n) is 5.71. The van der Waals surface area contributed by atoms with Crippen molar-refractivity contribution in [3.05, 3.63) is 42.0 Å². The second kappa shape index (κ2) is 11.4. The van der Waals surface area contributed by atoms with Crippen LogP contribution in [0.1, 0.15) is 29.4 Å². The average molecular weight is 484 g/mol. The molecule has 1 unspecified atom stereocenters. The van der Waals surface area contributed by atoms with Crippen LogP contribution in [0.4, 0.5) is 13.2 Å². The van der Waals surface area contributed by atoms with E-state index in [-0.39, 0.29) is 11.9 Å². The molecule has 0 spiro atoms. The highest BCUT2D eigenvalue weighted by Gasteiger charge is 2.38. The van der Waals surface area contributed by atoms with Crippen molar-refractivity contribution in [2.24, 2.45) is 7.05 Å². The van der Waals surface area contributed by atoms with Gasteiger partial charge < -0.3 is 19.3 Å². The van der Waals surface area contributed by atoms with E-state index in [1.54, 1.807) is 12.4 Å². The highest BCUT2D eigenvalue weighted by Crippen LogP contribution is 2.30. The molecular formula is C21H27F3N6O4. The Kier molecular flexibility index (Phi) is 8.56. The van der Waals surface area contributed by atoms with Gasteiger partial charge in [0.15, 0.2) is 0 Å². The molecule has 34 heavy (non-hydrogen) atoms. The third-order valence-corrected chi connectivity index (χ3v) is 5.71. The lowest BCUT2D eigenvalue weighted by molar-refractivity contribution is -0.192. The average Bonchev–Trinajstić information content (AvgIpc) is 3.20. The molecule has 0 aliphatic carbocycles. The zero-order valence-corrected chi connectivity index (χ0v) is 18.7. The summed E-state index contributed by atoms with van der Waals surface area (Å²) >= 11 is 0. The van der Waals surface area contributed by atoms with E-state index in [9.17, 15) is 18.0 Å². The summed E-state index contributed by atoms with van der Waals surface area (Å²) in [6.07, 6.45) is 3.83. The van der Waals surface area contributed by atoms with Gasteiger partial charge in [0.25, 0.3) is 0 Å². The number of aliphatic carboxylic acids is 1. The molecule has 10 nitrogen and oxygen atoms in total. The molecular weight excluding hydrogens is 457 g/mol. The maximum Gasteiger partial charge on any atom is 0.490 e. The maximum absolute atomic E-state index is 13.0. The van der Waals surface area contributed by atoms with Crippen LogP contribution < -0.4 is 0 Å². The van der Waals surface area contributed by atoms with Crippen molar-refractivity contribution in [1.29, 1.82) is 0 Å². The molecule has 13 heteroatoms. The van der Waals surface area contributed by atoms with E-state index in [1.165, 1.54) is 12.0 Å². The fourth-order valence-electron chi connectivity index (χ4n) is 3.95. The lowest BCUT2D eigenvalue weighted by Crippen LogP contribution is -2.48. The summed E-state index contributed by atoms with van der Waals surface area (Å²) in [5.41, 5.74) is 3.28. The van der Waals surface area contributed by atoms with Crippen molar-refractivity contribution >= 4 is 11.9 Å². The van der Waals surface area contributed by atoms with Gasteiger partial charge in [0, 0.05) is 64.2 Å². The van der Waals surface area contributed by atoms with Crippen LogP contribution in [-0.2, 0) is 34.2 Å². The number of halogens is 3. The number of alkyl halides is 3. The summed E-state index contributed by atoms with van der Waals surface area (Å²) in [6.45, 7) is 4.87. The van der Waals surface area contributed by atoms with Gasteiger partial charge in [-0.1, -0.05) is 0 Å². The molecule has 0 saturated carbocycles. The quantitative estimate of drug-likeness (QED) is 0.674. The van der Waals surface area contributed by atoms with E-state index in [0.29, 0.717) is 12.8 Å². The van der Waals surface area contributed by atoms with Crippen LogP contribution in [0.3, 0.4) is 0 Å². The zero-order chi connectivity index (χ0) is 24.7. The third kappa shape index (κ3) is 6.73. The van der Waals surface area contributed by atoms with Gasteiger partial charge in [-0.3, -0.25) is 9.69 Å². The molecule has 2 aromatic rings. The van der Waals surface area contributed by atoms with Gasteiger partial charge >= 0.3 is 12.1 Å². The molecule has 2 aliphatic heterocycles. The summed E-state index contributed by atoms with van der Waals surface area (Å²) < 4.78 is 39.3. The second-order valence-corrected chi connectivity index (χ2v) is 8.00. The number of aromatic nitrogens is 4. The van der Waals surface area contributed by atoms with Crippen molar-refractivity contribution in [2.45, 2.75) is 31.5 Å². The summed E-state index contributed by atoms with van der Waals surface area (Å²) in [4.78, 5) is 39.1. The van der Waals surface area contributed by atoms with E-state index in [0.717, 1.165) is 57.1 Å². The van der Waals surface area contributed by atoms with E-state index in [4.69, 9.17) is 14.6 Å². The number of ether oxygens (including phenoxy) is 1. The molecule has 4 rings (SSSR count). The molecule has 1 amide bonds. The first-order valence-corrected chi connectivity index (χ1v) is 10.8. The molecule has 2 aliphatic rings. The molecule has 4 heterocycles. The van der Waals surface area contributed by atoms with Gasteiger partial charge in [-0.15, -0.1) is 0 Å². The molecule has 1 atom stereocenters. The number of carboxylic acids is 1. The number of aryl methyl sites for hydroxylation is 2. The summed E-state index contributed by atoms with van der Waals surface area (Å²) in [7, 11) is 2.03. The van der Waals surface area contributed by atoms with Crippen molar-refractivity contribution in [3.8, 4) is 0 Å². The molecule has 1 N–H and O–H groups in total. The van der Waals surface area contributed by atoms with Gasteiger partial charge in [-0.05, 0) is 12.0 Å². The largest absolute Gasteiger partial charge is 0.490 e. The molecule has 0 radical (unpaired) electrons. The predicted octanol–water partition coefficient (Wildman–Crippen LogP) is 1.23. The van der Waals surface area contributed by atoms with Gasteiger partial charge in [0.2, 0.25) is 5.91 Å². The van der Waals surface area contributed by atoms with E-state index >= 15 is 0 Å². The Labute approximate surface area is 194 Å². The number of fused-ring (bicyclic) bond motifs is 1. The Hall–Kier alpha value is -3.06. The first-order chi connectivity index (χ1) is 16.2. The Morgan fingerprint density at radius 1 is 1.18 bits per heavy atom. The van der Waals surface area contributed by atoms with Gasteiger partial charge in [-0.2, -0.15) is 13.2 Å². The zero-order valence-electron chi connectivity index (χ0n) is 18.7. The standard InChI is InChI=1S/C19H26N6O2.C2HF3O2/c1-23-14-22-19-16(23)4-5-25(17(19)12-24-6-8-27-9-7-24)18(26)3-2-15-10-20-13-21-11-15;3-2(4,5)1(6)7/h10-11,13-14,17H,2-9,12H2,1H3;(H,6,7). The molecule has 186 valence electrons. The number of rotatable bonds is 5. The molecule has 2 aromatic heterocycles. The van der Waals surface area contributed by atoms with E-state index < -0.39 is 12.1 Å². The number of hydrogen-bond donors (Lipinski definition) is 1. The highest BCUT2D eigenvalue weighted by molar-refractivity contribution is 5.77. The summed E-state index contributed by atoms with van der Waals surface area (Å²) in [5, 5.41) is 7.12. The number of imidazole rings is 1. The van der Waals surface area contributed by atoms with Gasteiger partial charge in [-0.25, -0.2) is 19.7 Å². The predicted molar refractivity (Wildman–Crippen MR) is 113 cm³/mol. The second-order valence-electron chi connectivity index (χ2n) is 8.00. The fraction of sp³-hybridized carbons (Fsp3) is 0.571. The van der Waals surface area contributed by atoms with Crippen LogP contribution in [0.5, 0.6) is 0 Å². The molecule has 0 aromatic carbocycles. The summed E-state index contributed by atoms with van der Waals surface area (Å²) in [6, 6.07) is 0.00701. The van der Waals surface area contributed by atoms with Crippen LogP contribution in [0.2, 0.25) is 0 Å². The lowest BCUT2D eigenvalue weighted by atomic mass is 10.0. The number of carboxylic acid groups (broad SMARTS) is 1. The Balaban J connectivity index is 0.000000406. The highest BCUT2D eigenvalue weighted by atomic mass is 19.4. The van der Waals surface area contributed by atoms with Crippen LogP contribution in [0.25, 0.3) is 0 Å². The Morgan fingerprint density at radius 3 is 2.44 bits per heavy atom. The monoisotopic (exact) mass is 484 g/mol. The number of amides is 1. The van der Waals surface area contributed by atoms with Crippen LogP contribution in [0.15, 0.2) is 25.0 Å². The van der Waals surface area contributed by atoms with Crippen molar-refractivity contribution in [3.63, 3.8) is 0 Å². The van der Waals surface area contributed by atoms with Crippen LogP contribution >= 0.6 is 0 Å². The van der Waals surface area contributed by atoms with Crippen molar-refractivity contribution in [1.82, 2.24) is 29.3 Å². The summed E-state index contributed by atoms with van der Waals surface area (Å²) in [5.74, 6) is -2.58. The molecule has 1 saturated heterocycles. The van der Waals surface area contributed by atoms with Crippen molar-refractivity contribution in [2.75, 3.05) is 39.4 Å². The van der Waals surface area contributed by atoms with Crippen LogP contribution in [0, 0.1) is 0 Å². The van der Waals surface area contributed by atoms with Crippen molar-refractivity contribution < 1.29 is 32.6 Å². The van der Waals surface area contributed by atoms with Crippen LogP contribution in [-0.4, -0.2) is 91.9 Å². The Morgan fingerprint density at radius 2 is 1.82 bits per heavy atom. The lowest BCUT2D eigenvalue weighted by Gasteiger charge is -2.39. The Bertz CT molecular complexity index is 963. The number of carbonyl (C=O) groups is 2. The smallest absolute Gasteiger partial charge is 0.475 e. The van der Waals surface area contributed by atoms with Gasteiger partial charge in [0.1, 0.15) is 6.33 Å². The first-order valence-electron chi connectivity index (χ1n) is 10.8.